The van der Waals surface area contributed by atoms with Gasteiger partial charge in [-0.3, -0.25) is 4.98 Å². The van der Waals surface area contributed by atoms with Crippen LogP contribution in [0, 0.1) is 0 Å². The van der Waals surface area contributed by atoms with Gasteiger partial charge in [-0.05, 0) is 19.1 Å². The van der Waals surface area contributed by atoms with Crippen molar-refractivity contribution in [1.29, 1.82) is 0 Å². The largest absolute Gasteiger partial charge is 0.375 e. The Kier molecular flexibility index (Phi) is 5.47. The third-order valence-corrected chi connectivity index (χ3v) is 3.92. The van der Waals surface area contributed by atoms with Crippen LogP contribution in [0.15, 0.2) is 30.6 Å². The molecule has 0 aliphatic heterocycles. The maximum absolute atomic E-state index is 12.7. The van der Waals surface area contributed by atoms with Gasteiger partial charge in [0.05, 0.1) is 23.7 Å². The van der Waals surface area contributed by atoms with Crippen molar-refractivity contribution in [3.63, 3.8) is 0 Å². The highest BCUT2D eigenvalue weighted by Gasteiger charge is 2.19. The molecule has 0 bridgehead atoms. The number of amides is 2. The number of pyridine rings is 1. The summed E-state index contributed by atoms with van der Waals surface area (Å²) in [7, 11) is 1.51. The van der Waals surface area contributed by atoms with E-state index in [0.29, 0.717) is 17.0 Å². The van der Waals surface area contributed by atoms with E-state index in [2.05, 4.69) is 25.7 Å². The lowest BCUT2D eigenvalue weighted by atomic mass is 10.2. The number of anilines is 2. The van der Waals surface area contributed by atoms with Crippen LogP contribution in [0.1, 0.15) is 30.8 Å². The summed E-state index contributed by atoms with van der Waals surface area (Å²) in [6.45, 7) is 1.77. The van der Waals surface area contributed by atoms with Gasteiger partial charge < -0.3 is 15.4 Å². The third kappa shape index (κ3) is 4.12. The maximum Gasteiger partial charge on any atom is 0.323 e. The smallest absolute Gasteiger partial charge is 0.323 e. The van der Waals surface area contributed by atoms with Crippen LogP contribution in [-0.4, -0.2) is 32.7 Å². The van der Waals surface area contributed by atoms with Crippen molar-refractivity contribution in [2.45, 2.75) is 19.5 Å². The van der Waals surface area contributed by atoms with E-state index in [1.54, 1.807) is 13.0 Å². The number of halogens is 3. The Morgan fingerprint density at radius 2 is 2.07 bits per heavy atom. The molecule has 2 N–H and O–H groups in total. The van der Waals surface area contributed by atoms with Gasteiger partial charge in [0.15, 0.2) is 10.8 Å². The van der Waals surface area contributed by atoms with E-state index in [-0.39, 0.29) is 10.8 Å². The SMILES string of the molecule is CO[C@@H](C)c1c(NC(=O)Nc2ccnc(C(F)F)c2)cnc2cc(Cl)nn12. The van der Waals surface area contributed by atoms with Gasteiger partial charge in [-0.25, -0.2) is 23.1 Å². The zero-order chi connectivity index (χ0) is 19.6. The molecule has 8 nitrogen and oxygen atoms in total. The fraction of sp³-hybridized carbons (Fsp3) is 0.250. The molecule has 27 heavy (non-hydrogen) atoms. The minimum Gasteiger partial charge on any atom is -0.375 e. The topological polar surface area (TPSA) is 93.4 Å². The molecule has 0 aromatic carbocycles. The molecule has 3 aromatic rings. The maximum atomic E-state index is 12.7. The fourth-order valence-electron chi connectivity index (χ4n) is 2.45. The highest BCUT2D eigenvalue weighted by atomic mass is 35.5. The summed E-state index contributed by atoms with van der Waals surface area (Å²) in [6, 6.07) is 3.42. The standard InChI is InChI=1S/C16H15ClF2N6O2/c1-8(27-2)14-11(7-21-13-6-12(17)24-25(13)14)23-16(26)22-9-3-4-20-10(5-9)15(18)19/h3-8,15H,1-2H3,(H2,20,22,23,26)/t8-/m0/s1. The van der Waals surface area contributed by atoms with Gasteiger partial charge in [-0.1, -0.05) is 11.6 Å². The molecule has 3 heterocycles. The molecule has 0 aliphatic carbocycles. The lowest BCUT2D eigenvalue weighted by Gasteiger charge is -2.17. The van der Waals surface area contributed by atoms with E-state index in [9.17, 15) is 13.6 Å². The molecule has 0 unspecified atom stereocenters. The van der Waals surface area contributed by atoms with Crippen LogP contribution in [0.3, 0.4) is 0 Å². The van der Waals surface area contributed by atoms with Crippen LogP contribution >= 0.6 is 11.6 Å². The molecular weight excluding hydrogens is 382 g/mol. The van der Waals surface area contributed by atoms with Crippen LogP contribution in [0.4, 0.5) is 25.0 Å². The van der Waals surface area contributed by atoms with E-state index in [1.165, 1.54) is 30.1 Å². The number of urea groups is 1. The number of nitrogens with one attached hydrogen (secondary N) is 2. The summed E-state index contributed by atoms with van der Waals surface area (Å²) in [5, 5.41) is 9.48. The average Bonchev–Trinajstić information content (AvgIpc) is 3.01. The predicted molar refractivity (Wildman–Crippen MR) is 95.3 cm³/mol. The molecule has 0 fully saturated rings. The summed E-state index contributed by atoms with van der Waals surface area (Å²) >= 11 is 5.93. The molecule has 1 atom stereocenters. The number of ether oxygens (including phenoxy) is 1. The molecule has 0 aliphatic rings. The van der Waals surface area contributed by atoms with Crippen molar-refractivity contribution >= 4 is 34.7 Å². The van der Waals surface area contributed by atoms with Gasteiger partial charge in [-0.2, -0.15) is 5.10 Å². The number of hydrogen-bond donors (Lipinski definition) is 2. The highest BCUT2D eigenvalue weighted by molar-refractivity contribution is 6.29. The van der Waals surface area contributed by atoms with Crippen LogP contribution in [-0.2, 0) is 4.74 Å². The molecule has 2 amide bonds. The second kappa shape index (κ2) is 7.80. The van der Waals surface area contributed by atoms with Gasteiger partial charge in [0.1, 0.15) is 5.69 Å². The summed E-state index contributed by atoms with van der Waals surface area (Å²) in [4.78, 5) is 20.0. The Balaban J connectivity index is 1.87. The Bertz CT molecular complexity index is 981. The zero-order valence-corrected chi connectivity index (χ0v) is 15.0. The first-order valence-electron chi connectivity index (χ1n) is 7.78. The molecule has 3 rings (SSSR count). The molecular formula is C16H15ClF2N6O2. The molecule has 3 aromatic heterocycles. The van der Waals surface area contributed by atoms with E-state index >= 15 is 0 Å². The third-order valence-electron chi connectivity index (χ3n) is 3.74. The first-order valence-corrected chi connectivity index (χ1v) is 8.16. The normalized spacial score (nSPS) is 12.4. The van der Waals surface area contributed by atoms with Crippen LogP contribution in [0.25, 0.3) is 5.65 Å². The minimum absolute atomic E-state index is 0.176. The lowest BCUT2D eigenvalue weighted by Crippen LogP contribution is -2.22. The van der Waals surface area contributed by atoms with E-state index in [1.807, 2.05) is 0 Å². The summed E-state index contributed by atoms with van der Waals surface area (Å²) in [5.41, 5.74) is 1.08. The van der Waals surface area contributed by atoms with Crippen molar-refractivity contribution < 1.29 is 18.3 Å². The fourth-order valence-corrected chi connectivity index (χ4v) is 2.63. The van der Waals surface area contributed by atoms with Gasteiger partial charge in [0.2, 0.25) is 0 Å². The Hall–Kier alpha value is -2.85. The van der Waals surface area contributed by atoms with Gasteiger partial charge >= 0.3 is 6.03 Å². The zero-order valence-electron chi connectivity index (χ0n) is 14.3. The molecule has 0 saturated heterocycles. The van der Waals surface area contributed by atoms with Crippen molar-refractivity contribution in [1.82, 2.24) is 19.6 Å². The average molecular weight is 397 g/mol. The van der Waals surface area contributed by atoms with Gasteiger partial charge in [0, 0.05) is 25.1 Å². The molecule has 0 saturated carbocycles. The number of alkyl halides is 2. The monoisotopic (exact) mass is 396 g/mol. The van der Waals surface area contributed by atoms with Crippen LogP contribution < -0.4 is 10.6 Å². The molecule has 11 heteroatoms. The molecule has 0 radical (unpaired) electrons. The Labute approximate surface area is 157 Å². The Morgan fingerprint density at radius 1 is 1.30 bits per heavy atom. The number of fused-ring (bicyclic) bond motifs is 1. The van der Waals surface area contributed by atoms with Crippen molar-refractivity contribution in [2.75, 3.05) is 17.7 Å². The minimum atomic E-state index is -2.74. The number of carbonyl (C=O) groups is 1. The van der Waals surface area contributed by atoms with Gasteiger partial charge in [0.25, 0.3) is 6.43 Å². The van der Waals surface area contributed by atoms with E-state index < -0.39 is 24.3 Å². The quantitative estimate of drug-likeness (QED) is 0.678. The number of rotatable bonds is 5. The second-order valence-electron chi connectivity index (χ2n) is 5.52. The number of aromatic nitrogens is 4. The highest BCUT2D eigenvalue weighted by Crippen LogP contribution is 2.26. The second-order valence-corrected chi connectivity index (χ2v) is 5.91. The predicted octanol–water partition coefficient (Wildman–Crippen LogP) is 4.07. The Morgan fingerprint density at radius 3 is 2.78 bits per heavy atom. The lowest BCUT2D eigenvalue weighted by molar-refractivity contribution is 0.114. The number of hydrogen-bond acceptors (Lipinski definition) is 5. The summed E-state index contributed by atoms with van der Waals surface area (Å²) in [5.74, 6) is 0. The summed E-state index contributed by atoms with van der Waals surface area (Å²) < 4.78 is 32.3. The number of carbonyl (C=O) groups excluding carboxylic acids is 1. The van der Waals surface area contributed by atoms with Crippen molar-refractivity contribution in [2.24, 2.45) is 0 Å². The van der Waals surface area contributed by atoms with Crippen molar-refractivity contribution in [3.8, 4) is 0 Å². The van der Waals surface area contributed by atoms with Gasteiger partial charge in [-0.15, -0.1) is 0 Å². The van der Waals surface area contributed by atoms with E-state index in [0.717, 1.165) is 6.07 Å². The number of nitrogens with zero attached hydrogens (tertiary/aromatic N) is 4. The first kappa shape index (κ1) is 18.9. The number of methoxy groups -OCH3 is 1. The van der Waals surface area contributed by atoms with E-state index in [4.69, 9.17) is 16.3 Å². The van der Waals surface area contributed by atoms with Crippen LogP contribution in [0.5, 0.6) is 0 Å². The molecule has 142 valence electrons. The summed E-state index contributed by atoms with van der Waals surface area (Å²) in [6.07, 6.45) is -0.544. The van der Waals surface area contributed by atoms with Crippen LogP contribution in [0.2, 0.25) is 5.15 Å². The van der Waals surface area contributed by atoms with Crippen molar-refractivity contribution in [3.05, 3.63) is 47.1 Å². The molecule has 0 spiro atoms. The first-order chi connectivity index (χ1) is 12.9.